The molecular weight excluding hydrogens is 256 g/mol. The van der Waals surface area contributed by atoms with Crippen molar-refractivity contribution in [2.75, 3.05) is 12.4 Å². The van der Waals surface area contributed by atoms with Gasteiger partial charge in [0.05, 0.1) is 12.2 Å². The van der Waals surface area contributed by atoms with Gasteiger partial charge in [-0.3, -0.25) is 0 Å². The molecular formula is C16H24O2S. The molecule has 2 nitrogen and oxygen atoms in total. The number of rotatable bonds is 7. The van der Waals surface area contributed by atoms with E-state index < -0.39 is 0 Å². The molecule has 1 aliphatic rings. The smallest absolute Gasteiger partial charge is 0.0634 e. The van der Waals surface area contributed by atoms with Crippen LogP contribution < -0.4 is 0 Å². The number of thioether (sulfide) groups is 1. The number of aliphatic hydroxyl groups is 1. The van der Waals surface area contributed by atoms with E-state index in [4.69, 9.17) is 4.74 Å². The quantitative estimate of drug-likeness (QED) is 0.770. The van der Waals surface area contributed by atoms with Gasteiger partial charge in [0, 0.05) is 17.3 Å². The monoisotopic (exact) mass is 280 g/mol. The van der Waals surface area contributed by atoms with E-state index in [1.54, 1.807) is 11.8 Å². The molecule has 1 N–H and O–H groups in total. The number of hydrogen-bond acceptors (Lipinski definition) is 3. The third kappa shape index (κ3) is 5.55. The highest BCUT2D eigenvalue weighted by atomic mass is 32.2. The molecule has 0 radical (unpaired) electrons. The van der Waals surface area contributed by atoms with E-state index in [1.807, 2.05) is 0 Å². The molecule has 0 aromatic heterocycles. The van der Waals surface area contributed by atoms with Gasteiger partial charge < -0.3 is 9.84 Å². The Morgan fingerprint density at radius 3 is 2.84 bits per heavy atom. The first-order chi connectivity index (χ1) is 9.24. The Kier molecular flexibility index (Phi) is 6.21. The van der Waals surface area contributed by atoms with E-state index in [0.29, 0.717) is 6.10 Å². The summed E-state index contributed by atoms with van der Waals surface area (Å²) in [4.78, 5) is 1.24. The van der Waals surface area contributed by atoms with Gasteiger partial charge in [-0.1, -0.05) is 17.7 Å². The van der Waals surface area contributed by atoms with Crippen LogP contribution in [0.5, 0.6) is 0 Å². The van der Waals surface area contributed by atoms with E-state index in [-0.39, 0.29) is 6.10 Å². The normalized spacial score (nSPS) is 20.6. The fourth-order valence-electron chi connectivity index (χ4n) is 2.36. The highest BCUT2D eigenvalue weighted by Crippen LogP contribution is 2.22. The van der Waals surface area contributed by atoms with E-state index in [1.165, 1.54) is 23.3 Å². The minimum Gasteiger partial charge on any atom is -0.392 e. The Labute approximate surface area is 120 Å². The number of aliphatic hydroxyl groups excluding tert-OH is 1. The maximum absolute atomic E-state index is 9.98. The van der Waals surface area contributed by atoms with Crippen LogP contribution in [0.1, 0.15) is 37.7 Å². The van der Waals surface area contributed by atoms with Crippen molar-refractivity contribution in [1.82, 2.24) is 0 Å². The van der Waals surface area contributed by atoms with Gasteiger partial charge in [0.25, 0.3) is 0 Å². The van der Waals surface area contributed by atoms with Gasteiger partial charge in [0.1, 0.15) is 0 Å². The predicted octanol–water partition coefficient (Wildman–Crippen LogP) is 3.80. The van der Waals surface area contributed by atoms with Crippen molar-refractivity contribution in [2.24, 2.45) is 0 Å². The molecule has 2 unspecified atom stereocenters. The number of aryl methyl sites for hydroxylation is 1. The van der Waals surface area contributed by atoms with Crippen molar-refractivity contribution >= 4 is 11.8 Å². The molecule has 1 aliphatic heterocycles. The standard InChI is InChI=1S/C16H24O2S/c1-13-7-9-16(10-8-13)19-12-14(17)4-2-5-15-6-3-11-18-15/h7-10,14-15,17H,2-6,11-12H2,1H3. The van der Waals surface area contributed by atoms with Crippen molar-refractivity contribution in [3.05, 3.63) is 29.8 Å². The first-order valence-corrected chi connectivity index (χ1v) is 8.22. The second-order valence-corrected chi connectivity index (χ2v) is 6.44. The highest BCUT2D eigenvalue weighted by Gasteiger charge is 2.15. The van der Waals surface area contributed by atoms with Crippen molar-refractivity contribution in [3.8, 4) is 0 Å². The second kappa shape index (κ2) is 7.93. The summed E-state index contributed by atoms with van der Waals surface area (Å²) in [5.74, 6) is 0.786. The van der Waals surface area contributed by atoms with Crippen LogP contribution in [0, 0.1) is 6.92 Å². The SMILES string of the molecule is Cc1ccc(SCC(O)CCCC2CCCO2)cc1. The fourth-order valence-corrected chi connectivity index (χ4v) is 3.24. The first kappa shape index (κ1) is 14.9. The molecule has 0 amide bonds. The highest BCUT2D eigenvalue weighted by molar-refractivity contribution is 7.99. The molecule has 1 heterocycles. The summed E-state index contributed by atoms with van der Waals surface area (Å²) < 4.78 is 5.59. The van der Waals surface area contributed by atoms with Crippen LogP contribution in [0.25, 0.3) is 0 Å². The largest absolute Gasteiger partial charge is 0.392 e. The minimum absolute atomic E-state index is 0.201. The van der Waals surface area contributed by atoms with E-state index in [2.05, 4.69) is 31.2 Å². The van der Waals surface area contributed by atoms with Crippen LogP contribution in [0.15, 0.2) is 29.2 Å². The van der Waals surface area contributed by atoms with Gasteiger partial charge in [-0.05, 0) is 51.2 Å². The van der Waals surface area contributed by atoms with E-state index in [9.17, 15) is 5.11 Å². The molecule has 3 heteroatoms. The number of benzene rings is 1. The van der Waals surface area contributed by atoms with Crippen LogP contribution in [-0.2, 0) is 4.74 Å². The lowest BCUT2D eigenvalue weighted by atomic mass is 10.1. The zero-order valence-corrected chi connectivity index (χ0v) is 12.5. The van der Waals surface area contributed by atoms with Gasteiger partial charge in [0.2, 0.25) is 0 Å². The first-order valence-electron chi connectivity index (χ1n) is 7.23. The van der Waals surface area contributed by atoms with Crippen LogP contribution >= 0.6 is 11.8 Å². The summed E-state index contributed by atoms with van der Waals surface area (Å²) in [6.07, 6.45) is 5.72. The number of ether oxygens (including phenoxy) is 1. The maximum Gasteiger partial charge on any atom is 0.0634 e. The summed E-state index contributed by atoms with van der Waals surface area (Å²) in [6, 6.07) is 8.48. The predicted molar refractivity (Wildman–Crippen MR) is 80.7 cm³/mol. The molecule has 1 fully saturated rings. The molecule has 0 aliphatic carbocycles. The minimum atomic E-state index is -0.201. The summed E-state index contributed by atoms with van der Waals surface area (Å²) in [6.45, 7) is 3.02. The Balaban J connectivity index is 1.58. The zero-order valence-electron chi connectivity index (χ0n) is 11.7. The molecule has 106 valence electrons. The topological polar surface area (TPSA) is 29.5 Å². The van der Waals surface area contributed by atoms with Gasteiger partial charge in [-0.25, -0.2) is 0 Å². The van der Waals surface area contributed by atoms with E-state index >= 15 is 0 Å². The zero-order chi connectivity index (χ0) is 13.5. The van der Waals surface area contributed by atoms with Crippen molar-refractivity contribution in [1.29, 1.82) is 0 Å². The number of hydrogen-bond donors (Lipinski definition) is 1. The second-order valence-electron chi connectivity index (χ2n) is 5.34. The summed E-state index contributed by atoms with van der Waals surface area (Å²) in [7, 11) is 0. The van der Waals surface area contributed by atoms with Crippen LogP contribution in [0.2, 0.25) is 0 Å². The van der Waals surface area contributed by atoms with Crippen LogP contribution in [-0.4, -0.2) is 29.7 Å². The molecule has 0 bridgehead atoms. The van der Waals surface area contributed by atoms with Gasteiger partial charge >= 0.3 is 0 Å². The Morgan fingerprint density at radius 1 is 1.37 bits per heavy atom. The molecule has 0 saturated carbocycles. The lowest BCUT2D eigenvalue weighted by molar-refractivity contribution is 0.0966. The molecule has 19 heavy (non-hydrogen) atoms. The van der Waals surface area contributed by atoms with Crippen molar-refractivity contribution in [3.63, 3.8) is 0 Å². The lowest BCUT2D eigenvalue weighted by Gasteiger charge is -2.12. The molecule has 2 atom stereocenters. The summed E-state index contributed by atoms with van der Waals surface area (Å²) >= 11 is 1.74. The Bertz CT molecular complexity index is 358. The molecule has 0 spiro atoms. The summed E-state index contributed by atoms with van der Waals surface area (Å²) in [5, 5.41) is 9.98. The fraction of sp³-hybridized carbons (Fsp3) is 0.625. The lowest BCUT2D eigenvalue weighted by Crippen LogP contribution is -2.12. The van der Waals surface area contributed by atoms with Gasteiger partial charge in [-0.2, -0.15) is 0 Å². The van der Waals surface area contributed by atoms with Crippen molar-refractivity contribution < 1.29 is 9.84 Å². The van der Waals surface area contributed by atoms with E-state index in [0.717, 1.165) is 31.6 Å². The molecule has 2 rings (SSSR count). The Hall–Kier alpha value is -0.510. The summed E-state index contributed by atoms with van der Waals surface area (Å²) in [5.41, 5.74) is 1.28. The van der Waals surface area contributed by atoms with Gasteiger partial charge in [-0.15, -0.1) is 11.8 Å². The Morgan fingerprint density at radius 2 is 2.16 bits per heavy atom. The third-order valence-corrected chi connectivity index (χ3v) is 4.71. The average Bonchev–Trinajstić information content (AvgIpc) is 2.91. The molecule has 1 aromatic carbocycles. The van der Waals surface area contributed by atoms with Crippen LogP contribution in [0.3, 0.4) is 0 Å². The maximum atomic E-state index is 9.98. The van der Waals surface area contributed by atoms with Gasteiger partial charge in [0.15, 0.2) is 0 Å². The third-order valence-electron chi connectivity index (χ3n) is 3.55. The van der Waals surface area contributed by atoms with Crippen molar-refractivity contribution in [2.45, 2.75) is 56.1 Å². The van der Waals surface area contributed by atoms with Crippen LogP contribution in [0.4, 0.5) is 0 Å². The molecule has 1 aromatic rings. The molecule has 1 saturated heterocycles. The average molecular weight is 280 g/mol.